The number of anilines is 1. The Kier molecular flexibility index (Phi) is 30.6. The summed E-state index contributed by atoms with van der Waals surface area (Å²) in [5.74, 6) is -18.0. The first-order valence-corrected chi connectivity index (χ1v) is 45.0. The van der Waals surface area contributed by atoms with Crippen LogP contribution in [0.3, 0.4) is 0 Å². The van der Waals surface area contributed by atoms with Crippen molar-refractivity contribution in [3.05, 3.63) is 147 Å². The standard InChI is InChI=1S/C83H101Cl2N11O33P2/c1-32(2)18-46(89-7)74(108)95-64-66(103)37-11-16-50(44(84)21-37)124-52-23-39-24-53(70(52)129-81-71(68(105)67(104)54(30-97)126-81)128-58-29-83(6,88)73(107)34(4)123-58)125-51-17-12-38(22-45(51)85)69(127-57-28-82(5,87)72(106)33(3)122-57)65-79(113)94-63(80(114)121-31-56(102)90-40-13-8-35(9-14-40)19-59(130(115,116)117)131(118,119)120)43-25-41(98)26-49(100)60(43)42-20-36(10-15-48(42)99)61(76(110)96-65)93-77(111)62(39)92-75(109)47(27-55(86)101)91-78(64)112/h8-17,20-26,32-34,46-47,54,57-59,61-69,71-73,81,89,97-100,103-107H,18-19,27-31,87-88H2,1-7H3,(H2,86,101)(H,90,102)(H,91,112)(H,92,109)(H,93,111)(H,94,113)(H,95,108)(H,96,110)(H2,115,116,117)(H2,118,119,120)/t33?,34?,46?,47?,54?,57?,58?,61?,62?,63-,64?,65?,66+,67?,68?,69-,71?,72?,73?,81?,82+,83+/m1/s1. The molecule has 0 radical (unpaired) electrons. The van der Waals surface area contributed by atoms with Crippen molar-refractivity contribution in [1.29, 1.82) is 0 Å². The molecule has 27 N–H and O–H groups in total. The Morgan fingerprint density at radius 1 is 0.641 bits per heavy atom. The minimum atomic E-state index is -5.39. The number of halogens is 2. The van der Waals surface area contributed by atoms with E-state index in [1.807, 2.05) is 0 Å². The van der Waals surface area contributed by atoms with Crippen LogP contribution in [0.15, 0.2) is 103 Å². The number of phenols is 3. The van der Waals surface area contributed by atoms with Gasteiger partial charge in [-0.25, -0.2) is 4.79 Å². The highest BCUT2D eigenvalue weighted by Crippen LogP contribution is 2.61. The van der Waals surface area contributed by atoms with Gasteiger partial charge in [-0.1, -0.05) is 67.4 Å². The summed E-state index contributed by atoms with van der Waals surface area (Å²) in [5.41, 5.74) is 12.7. The van der Waals surface area contributed by atoms with Crippen molar-refractivity contribution < 1.29 is 160 Å². The highest BCUT2D eigenvalue weighted by atomic mass is 35.5. The molecule has 131 heavy (non-hydrogen) atoms. The van der Waals surface area contributed by atoms with Crippen molar-refractivity contribution in [2.45, 2.75) is 212 Å². The monoisotopic (exact) mass is 1910 g/mol. The number of hydrogen-bond donors (Lipinski definition) is 24. The predicted molar refractivity (Wildman–Crippen MR) is 456 cm³/mol. The number of aliphatic hydroxyl groups is 6. The Morgan fingerprint density at radius 3 is 1.77 bits per heavy atom. The number of carbonyl (C=O) groups excluding carboxylic acids is 9. The number of amides is 8. The number of benzene rings is 6. The molecule has 17 unspecified atom stereocenters. The third-order valence-corrected chi connectivity index (χ3v) is 27.2. The summed E-state index contributed by atoms with van der Waals surface area (Å²) >= 11 is 14.6. The molecule has 44 nitrogen and oxygen atoms in total. The molecule has 710 valence electrons. The molecule has 6 aromatic carbocycles. The zero-order chi connectivity index (χ0) is 95.9. The molecule has 8 heterocycles. The van der Waals surface area contributed by atoms with Crippen LogP contribution >= 0.6 is 38.4 Å². The van der Waals surface area contributed by atoms with Crippen molar-refractivity contribution >= 4 is 97.3 Å². The number of phenolic OH excluding ortho intramolecular Hbond substituents is 3. The zero-order valence-electron chi connectivity index (χ0n) is 70.8. The van der Waals surface area contributed by atoms with Gasteiger partial charge in [-0.05, 0) is 148 Å². The van der Waals surface area contributed by atoms with Crippen LogP contribution in [-0.2, 0) is 87.1 Å². The summed E-state index contributed by atoms with van der Waals surface area (Å²) < 4.78 is 81.8. The van der Waals surface area contributed by atoms with Crippen LogP contribution in [0, 0.1) is 5.92 Å². The van der Waals surface area contributed by atoms with Crippen molar-refractivity contribution in [3.8, 4) is 57.1 Å². The molecule has 3 saturated heterocycles. The number of nitrogens with two attached hydrogens (primary N) is 3. The second kappa shape index (κ2) is 40.2. The number of hydrogen-bond acceptors (Lipinski definition) is 32. The summed E-state index contributed by atoms with van der Waals surface area (Å²) in [6.45, 7) is 7.11. The number of esters is 1. The second-order valence-electron chi connectivity index (χ2n) is 33.6. The fraction of sp³-hybridized carbons (Fsp3) is 0.458. The normalized spacial score (nSPS) is 29.2. The largest absolute Gasteiger partial charge is 0.508 e. The lowest BCUT2D eigenvalue weighted by Gasteiger charge is -2.47. The van der Waals surface area contributed by atoms with Crippen LogP contribution < -0.4 is 73.9 Å². The van der Waals surface area contributed by atoms with Crippen molar-refractivity contribution in [1.82, 2.24) is 37.2 Å². The Labute approximate surface area is 756 Å². The number of nitrogens with one attached hydrogen (secondary N) is 8. The smallest absolute Gasteiger partial charge is 0.341 e. The van der Waals surface area contributed by atoms with Gasteiger partial charge in [-0.3, -0.25) is 47.5 Å². The van der Waals surface area contributed by atoms with Crippen molar-refractivity contribution in [2.24, 2.45) is 23.1 Å². The van der Waals surface area contributed by atoms with E-state index < -0.39 is 323 Å². The molecule has 3 fully saturated rings. The first kappa shape index (κ1) is 99.7. The van der Waals surface area contributed by atoms with Gasteiger partial charge in [-0.2, -0.15) is 0 Å². The van der Waals surface area contributed by atoms with E-state index in [4.69, 9.17) is 83.0 Å². The molecule has 8 aliphatic heterocycles. The summed E-state index contributed by atoms with van der Waals surface area (Å²) in [7, 11) is -9.33. The van der Waals surface area contributed by atoms with Gasteiger partial charge in [0, 0.05) is 52.4 Å². The van der Waals surface area contributed by atoms with Crippen LogP contribution in [0.5, 0.6) is 46.0 Å². The molecule has 0 saturated carbocycles. The Hall–Kier alpha value is -10.3. The maximum atomic E-state index is 16.6. The number of ether oxygens (including phenoxy) is 9. The molecule has 6 aromatic rings. The lowest BCUT2D eigenvalue weighted by atomic mass is 9.86. The lowest BCUT2D eigenvalue weighted by molar-refractivity contribution is -0.333. The van der Waals surface area contributed by atoms with Crippen LogP contribution in [0.25, 0.3) is 11.1 Å². The van der Waals surface area contributed by atoms with Crippen molar-refractivity contribution in [3.63, 3.8) is 0 Å². The quantitative estimate of drug-likeness (QED) is 0.0328. The highest BCUT2D eigenvalue weighted by molar-refractivity contribution is 7.70. The van der Waals surface area contributed by atoms with Gasteiger partial charge >= 0.3 is 21.2 Å². The van der Waals surface area contributed by atoms with Gasteiger partial charge < -0.3 is 168 Å². The summed E-state index contributed by atoms with van der Waals surface area (Å²) in [6, 6.07) is 3.01. The maximum absolute atomic E-state index is 16.6. The van der Waals surface area contributed by atoms with E-state index in [2.05, 4.69) is 42.5 Å². The molecule has 0 spiro atoms. The van der Waals surface area contributed by atoms with E-state index in [0.29, 0.717) is 0 Å². The zero-order valence-corrected chi connectivity index (χ0v) is 74.1. The first-order chi connectivity index (χ1) is 61.4. The molecule has 8 amide bonds. The SMILES string of the molecule is CNC(CC(C)C)C(=O)NC1C(=O)NC(CC(N)=O)C(=O)NC2C(=O)NC3C(=O)NC(C(=O)N[C@@H](C(=O)OCC(=O)Nc4ccc(CC(P(=O)(O)O)P(=O)(O)O)cc4)c4cc(O)cc(O)c4-c4cc3ccc4O)[C@H](OC3C[C@](C)(N)C(O)C(C)O3)c3ccc(c(Cl)c3)Oc3cc2cc(c3OC2OC(CO)C(O)C(O)C2OC2C[C@](C)(N)C(O)C(C)O2)Oc2ccc(cc2Cl)[C@@H]1O. The molecule has 48 heteroatoms. The van der Waals surface area contributed by atoms with E-state index in [1.54, 1.807) is 13.8 Å². The molecule has 0 aliphatic carbocycles. The topological polar surface area (TPSA) is 708 Å². The van der Waals surface area contributed by atoms with Crippen molar-refractivity contribution in [2.75, 3.05) is 25.6 Å². The number of rotatable bonds is 22. The maximum Gasteiger partial charge on any atom is 0.341 e. The predicted octanol–water partition coefficient (Wildman–Crippen LogP) is 0.665. The summed E-state index contributed by atoms with van der Waals surface area (Å²) in [4.78, 5) is 176. The second-order valence-corrected chi connectivity index (χ2v) is 38.5. The van der Waals surface area contributed by atoms with E-state index in [0.717, 1.165) is 91.0 Å². The van der Waals surface area contributed by atoms with Gasteiger partial charge in [0.25, 0.3) is 5.91 Å². The number of primary amides is 1. The summed E-state index contributed by atoms with van der Waals surface area (Å²) in [5, 5.41) is 122. The van der Waals surface area contributed by atoms with E-state index >= 15 is 28.8 Å². The number of aromatic hydroxyl groups is 3. The average Bonchev–Trinajstić information content (AvgIpc) is 0.758. The number of likely N-dealkylation sites (N-methyl/N-ethyl adjacent to an activating group) is 1. The van der Waals surface area contributed by atoms with Crippen LogP contribution in [0.4, 0.5) is 5.69 Å². The molecule has 8 aliphatic rings. The third-order valence-electron chi connectivity index (χ3n) is 22.9. The average molecular weight is 1910 g/mol. The molecule has 11 bridgehead atoms. The van der Waals surface area contributed by atoms with Gasteiger partial charge in [0.1, 0.15) is 89.5 Å². The Balaban J connectivity index is 1.07. The first-order valence-electron chi connectivity index (χ1n) is 40.9. The van der Waals surface area contributed by atoms with E-state index in [9.17, 15) is 89.0 Å². The summed E-state index contributed by atoms with van der Waals surface area (Å²) in [6.07, 6.45) is -24.7. The van der Waals surface area contributed by atoms with E-state index in [-0.39, 0.29) is 41.1 Å². The molecule has 14 rings (SSSR count). The Bertz CT molecular complexity index is 5440. The lowest BCUT2D eigenvalue weighted by Crippen LogP contribution is -2.64. The van der Waals surface area contributed by atoms with Crippen LogP contribution in [0.2, 0.25) is 10.0 Å². The molecule has 0 aromatic heterocycles. The highest BCUT2D eigenvalue weighted by Gasteiger charge is 2.53. The van der Waals surface area contributed by atoms with Gasteiger partial charge in [-0.15, -0.1) is 0 Å². The molecular formula is C83H101Cl2N11O33P2. The van der Waals surface area contributed by atoms with Gasteiger partial charge in [0.15, 0.2) is 48.2 Å². The molecular weight excluding hydrogens is 1810 g/mol. The molecule has 22 atom stereocenters. The van der Waals surface area contributed by atoms with Gasteiger partial charge in [0.05, 0.1) is 53.5 Å². The fourth-order valence-electron chi connectivity index (χ4n) is 16.0. The minimum absolute atomic E-state index is 0.00993. The Morgan fingerprint density at radius 2 is 1.21 bits per heavy atom. The minimum Gasteiger partial charge on any atom is -0.508 e. The van der Waals surface area contributed by atoms with Gasteiger partial charge in [0.2, 0.25) is 53.4 Å². The number of aliphatic hydroxyl groups excluding tert-OH is 6. The van der Waals surface area contributed by atoms with E-state index in [1.165, 1.54) is 46.9 Å². The number of carbonyl (C=O) groups is 9. The third kappa shape index (κ3) is 22.8. The van der Waals surface area contributed by atoms with Crippen LogP contribution in [0.1, 0.15) is 131 Å². The fourth-order valence-corrected chi connectivity index (χ4v) is 19.0. The van der Waals surface area contributed by atoms with Crippen LogP contribution in [-0.4, -0.2) is 247 Å². The number of fused-ring (bicyclic) bond motifs is 15.